The Labute approximate surface area is 206 Å². The van der Waals surface area contributed by atoms with E-state index >= 15 is 0 Å². The maximum absolute atomic E-state index is 11.9. The topological polar surface area (TPSA) is 75.5 Å². The average Bonchev–Trinajstić information content (AvgIpc) is 3.49. The Balaban J connectivity index is 1.49. The monoisotopic (exact) mass is 473 g/mol. The van der Waals surface area contributed by atoms with E-state index in [1.165, 1.54) is 16.5 Å². The minimum Gasteiger partial charge on any atom is -0.380 e. The molecule has 0 radical (unpaired) electrons. The van der Waals surface area contributed by atoms with Crippen molar-refractivity contribution in [3.05, 3.63) is 53.5 Å². The number of ether oxygens (including phenoxy) is 1. The van der Waals surface area contributed by atoms with Gasteiger partial charge in [-0.2, -0.15) is 5.10 Å². The Morgan fingerprint density at radius 2 is 2.03 bits per heavy atom. The largest absolute Gasteiger partial charge is 0.380 e. The van der Waals surface area contributed by atoms with Crippen LogP contribution in [0.2, 0.25) is 0 Å². The van der Waals surface area contributed by atoms with Gasteiger partial charge in [0.15, 0.2) is 5.65 Å². The third-order valence-electron chi connectivity index (χ3n) is 7.33. The minimum absolute atomic E-state index is 0.337. The highest BCUT2D eigenvalue weighted by atomic mass is 16.5. The number of aromatic amines is 1. The van der Waals surface area contributed by atoms with Crippen molar-refractivity contribution in [2.45, 2.75) is 58.5 Å². The lowest BCUT2D eigenvalue weighted by molar-refractivity contribution is -0.120. The van der Waals surface area contributed by atoms with Crippen molar-refractivity contribution in [3.8, 4) is 11.3 Å². The number of nitrogens with zero attached hydrogens (tertiary/aromatic N) is 4. The van der Waals surface area contributed by atoms with E-state index < -0.39 is 0 Å². The highest BCUT2D eigenvalue weighted by Gasteiger charge is 2.24. The molecule has 1 saturated heterocycles. The first-order valence-electron chi connectivity index (χ1n) is 12.7. The SMILES string of the molecule is CCC(=O)CN1CCC(c2ccc3[nH]c(-c4cc(COC)c5ncnn5c4)c(C(C)C)c3c2)CC1. The van der Waals surface area contributed by atoms with Crippen LogP contribution in [-0.4, -0.2) is 57.0 Å². The van der Waals surface area contributed by atoms with Gasteiger partial charge in [-0.25, -0.2) is 9.50 Å². The smallest absolute Gasteiger partial charge is 0.160 e. The number of aromatic nitrogens is 4. The Morgan fingerprint density at radius 3 is 2.74 bits per heavy atom. The van der Waals surface area contributed by atoms with Gasteiger partial charge >= 0.3 is 0 Å². The number of Topliss-reactive ketones (excluding diaryl/α,β-unsaturated/α-hetero) is 1. The van der Waals surface area contributed by atoms with Gasteiger partial charge in [-0.05, 0) is 67.1 Å². The molecule has 1 fully saturated rings. The summed E-state index contributed by atoms with van der Waals surface area (Å²) in [6, 6.07) is 9.07. The van der Waals surface area contributed by atoms with E-state index in [0.717, 1.165) is 53.9 Å². The van der Waals surface area contributed by atoms with Crippen molar-refractivity contribution in [2.75, 3.05) is 26.7 Å². The van der Waals surface area contributed by atoms with E-state index in [9.17, 15) is 4.79 Å². The van der Waals surface area contributed by atoms with Crippen molar-refractivity contribution in [3.63, 3.8) is 0 Å². The van der Waals surface area contributed by atoms with E-state index in [4.69, 9.17) is 4.74 Å². The van der Waals surface area contributed by atoms with Crippen LogP contribution in [0.15, 0.2) is 36.8 Å². The Morgan fingerprint density at radius 1 is 1.23 bits per heavy atom. The maximum atomic E-state index is 11.9. The molecule has 1 aromatic carbocycles. The number of H-pyrrole nitrogens is 1. The third-order valence-corrected chi connectivity index (χ3v) is 7.33. The molecule has 1 N–H and O–H groups in total. The third kappa shape index (κ3) is 4.62. The molecular formula is C28H35N5O2. The molecule has 4 aromatic rings. The van der Waals surface area contributed by atoms with Crippen LogP contribution in [0.1, 0.15) is 68.6 Å². The summed E-state index contributed by atoms with van der Waals surface area (Å²) in [5.41, 5.74) is 7.96. The molecule has 0 unspecified atom stereocenters. The first-order chi connectivity index (χ1) is 17.0. The van der Waals surface area contributed by atoms with Crippen LogP contribution in [0.4, 0.5) is 0 Å². The fourth-order valence-electron chi connectivity index (χ4n) is 5.49. The van der Waals surface area contributed by atoms with E-state index in [1.54, 1.807) is 13.4 Å². The van der Waals surface area contributed by atoms with Crippen molar-refractivity contribution in [2.24, 2.45) is 0 Å². The molecule has 0 bridgehead atoms. The number of nitrogens with one attached hydrogen (secondary N) is 1. The van der Waals surface area contributed by atoms with Crippen LogP contribution in [0.3, 0.4) is 0 Å². The first-order valence-corrected chi connectivity index (χ1v) is 12.7. The van der Waals surface area contributed by atoms with Gasteiger partial charge in [-0.3, -0.25) is 9.69 Å². The van der Waals surface area contributed by atoms with Crippen molar-refractivity contribution in [1.82, 2.24) is 24.5 Å². The molecule has 35 heavy (non-hydrogen) atoms. The van der Waals surface area contributed by atoms with Crippen LogP contribution in [0.25, 0.3) is 27.8 Å². The molecule has 1 aliphatic rings. The number of carbonyl (C=O) groups is 1. The second-order valence-corrected chi connectivity index (χ2v) is 10.0. The number of ketones is 1. The predicted molar refractivity (Wildman–Crippen MR) is 139 cm³/mol. The zero-order valence-corrected chi connectivity index (χ0v) is 21.2. The van der Waals surface area contributed by atoms with Crippen LogP contribution in [-0.2, 0) is 16.1 Å². The van der Waals surface area contributed by atoms with Crippen molar-refractivity contribution >= 4 is 22.3 Å². The van der Waals surface area contributed by atoms with Crippen molar-refractivity contribution in [1.29, 1.82) is 0 Å². The summed E-state index contributed by atoms with van der Waals surface area (Å²) in [4.78, 5) is 22.3. The predicted octanol–water partition coefficient (Wildman–Crippen LogP) is 5.31. The summed E-state index contributed by atoms with van der Waals surface area (Å²) in [5, 5.41) is 5.69. The molecule has 5 rings (SSSR count). The average molecular weight is 474 g/mol. The molecule has 0 amide bonds. The number of fused-ring (bicyclic) bond motifs is 2. The standard InChI is InChI=1S/C28H35N5O2/c1-5-23(34)15-32-10-8-19(9-11-32)20-6-7-25-24(13-20)26(18(2)3)27(31-25)21-12-22(16-35-4)28-29-17-30-33(28)14-21/h6-7,12-14,17-19,31H,5,8-11,15-16H2,1-4H3. The van der Waals surface area contributed by atoms with Gasteiger partial charge in [0.1, 0.15) is 12.1 Å². The van der Waals surface area contributed by atoms with Gasteiger partial charge in [0.25, 0.3) is 0 Å². The van der Waals surface area contributed by atoms with Gasteiger partial charge in [0.05, 0.1) is 18.8 Å². The van der Waals surface area contributed by atoms with E-state index in [1.807, 2.05) is 17.6 Å². The van der Waals surface area contributed by atoms with Gasteiger partial charge in [-0.1, -0.05) is 26.8 Å². The molecule has 0 aliphatic carbocycles. The number of likely N-dealkylation sites (tertiary alicyclic amines) is 1. The number of carbonyl (C=O) groups excluding carboxylic acids is 1. The van der Waals surface area contributed by atoms with Gasteiger partial charge in [0, 0.05) is 41.8 Å². The van der Waals surface area contributed by atoms with Crippen LogP contribution in [0, 0.1) is 0 Å². The normalized spacial score (nSPS) is 15.6. The summed E-state index contributed by atoms with van der Waals surface area (Å²) >= 11 is 0. The van der Waals surface area contributed by atoms with Crippen LogP contribution in [0.5, 0.6) is 0 Å². The lowest BCUT2D eigenvalue weighted by Gasteiger charge is -2.31. The lowest BCUT2D eigenvalue weighted by atomic mass is 9.87. The Hall–Kier alpha value is -3.03. The van der Waals surface area contributed by atoms with E-state index in [0.29, 0.717) is 37.2 Å². The number of piperidine rings is 1. The van der Waals surface area contributed by atoms with E-state index in [-0.39, 0.29) is 0 Å². The number of pyridine rings is 1. The number of hydrogen-bond donors (Lipinski definition) is 1. The molecule has 7 heteroatoms. The summed E-state index contributed by atoms with van der Waals surface area (Å²) < 4.78 is 7.27. The molecule has 4 heterocycles. The highest BCUT2D eigenvalue weighted by molar-refractivity contribution is 5.92. The molecule has 3 aromatic heterocycles. The summed E-state index contributed by atoms with van der Waals surface area (Å²) in [7, 11) is 1.70. The molecule has 7 nitrogen and oxygen atoms in total. The number of methoxy groups -OCH3 is 1. The Bertz CT molecular complexity index is 1340. The lowest BCUT2D eigenvalue weighted by Crippen LogP contribution is -2.36. The fraction of sp³-hybridized carbons (Fsp3) is 0.464. The summed E-state index contributed by atoms with van der Waals surface area (Å²) in [6.07, 6.45) is 6.45. The fourth-order valence-corrected chi connectivity index (χ4v) is 5.49. The van der Waals surface area contributed by atoms with Crippen LogP contribution < -0.4 is 0 Å². The summed E-state index contributed by atoms with van der Waals surface area (Å²) in [5.74, 6) is 1.22. The number of hydrogen-bond acceptors (Lipinski definition) is 5. The molecule has 0 saturated carbocycles. The zero-order chi connectivity index (χ0) is 24.5. The molecule has 1 aliphatic heterocycles. The quantitative estimate of drug-likeness (QED) is 0.376. The molecule has 184 valence electrons. The highest BCUT2D eigenvalue weighted by Crippen LogP contribution is 2.38. The van der Waals surface area contributed by atoms with Crippen molar-refractivity contribution < 1.29 is 9.53 Å². The molecular weight excluding hydrogens is 438 g/mol. The summed E-state index contributed by atoms with van der Waals surface area (Å²) in [6.45, 7) is 9.53. The second-order valence-electron chi connectivity index (χ2n) is 10.0. The molecule has 0 atom stereocenters. The van der Waals surface area contributed by atoms with Gasteiger partial charge in [-0.15, -0.1) is 0 Å². The van der Waals surface area contributed by atoms with E-state index in [2.05, 4.69) is 58.1 Å². The number of rotatable bonds is 8. The second kappa shape index (κ2) is 9.91. The van der Waals surface area contributed by atoms with Crippen LogP contribution >= 0.6 is 0 Å². The number of benzene rings is 1. The minimum atomic E-state index is 0.337. The first kappa shape index (κ1) is 23.7. The Kier molecular flexibility index (Phi) is 6.71. The maximum Gasteiger partial charge on any atom is 0.160 e. The zero-order valence-electron chi connectivity index (χ0n) is 21.2. The van der Waals surface area contributed by atoms with Gasteiger partial charge in [0.2, 0.25) is 0 Å². The molecule has 0 spiro atoms. The van der Waals surface area contributed by atoms with Gasteiger partial charge < -0.3 is 9.72 Å².